The van der Waals surface area contributed by atoms with Crippen LogP contribution in [-0.2, 0) is 11.3 Å². The molecule has 0 radical (unpaired) electrons. The van der Waals surface area contributed by atoms with Crippen molar-refractivity contribution in [2.75, 3.05) is 5.75 Å². The third-order valence-electron chi connectivity index (χ3n) is 2.10. The van der Waals surface area contributed by atoms with E-state index in [9.17, 15) is 4.79 Å². The molecule has 7 heteroatoms. The first-order chi connectivity index (χ1) is 7.15. The van der Waals surface area contributed by atoms with Gasteiger partial charge in [-0.15, -0.1) is 11.8 Å². The summed E-state index contributed by atoms with van der Waals surface area (Å²) in [5.74, 6) is -0.172. The zero-order valence-corrected chi connectivity index (χ0v) is 10.2. The third kappa shape index (κ3) is 2.73. The molecule has 0 spiro atoms. The molecule has 1 saturated heterocycles. The molecule has 0 amide bonds. The third-order valence-corrected chi connectivity index (χ3v) is 3.73. The second kappa shape index (κ2) is 4.54. The van der Waals surface area contributed by atoms with Crippen molar-refractivity contribution in [3.05, 3.63) is 16.9 Å². The monoisotopic (exact) mass is 291 g/mol. The van der Waals surface area contributed by atoms with Crippen LogP contribution in [0.25, 0.3) is 0 Å². The molecule has 0 unspecified atom stereocenters. The summed E-state index contributed by atoms with van der Waals surface area (Å²) in [6.07, 6.45) is 3.59. The first kappa shape index (κ1) is 11.0. The number of halogens is 1. The molecule has 1 aromatic heterocycles. The largest absolute Gasteiger partial charge is 0.480 e. The highest BCUT2D eigenvalue weighted by Crippen LogP contribution is 2.20. The fourth-order valence-corrected chi connectivity index (χ4v) is 2.90. The minimum absolute atomic E-state index is 0.123. The van der Waals surface area contributed by atoms with E-state index in [4.69, 9.17) is 5.11 Å². The molecule has 0 aliphatic carbocycles. The lowest BCUT2D eigenvalue weighted by Crippen LogP contribution is -2.38. The number of hydrogen-bond donors (Lipinski definition) is 2. The van der Waals surface area contributed by atoms with Crippen molar-refractivity contribution in [3.63, 3.8) is 0 Å². The maximum atomic E-state index is 10.7. The van der Waals surface area contributed by atoms with Crippen molar-refractivity contribution in [3.8, 4) is 0 Å². The molecule has 1 fully saturated rings. The number of hydrogen-bond acceptors (Lipinski definition) is 4. The van der Waals surface area contributed by atoms with Crippen LogP contribution in [0.5, 0.6) is 0 Å². The molecule has 1 aliphatic rings. The summed E-state index contributed by atoms with van der Waals surface area (Å²) >= 11 is 4.93. The van der Waals surface area contributed by atoms with Crippen molar-refractivity contribution >= 4 is 33.7 Å². The molecule has 2 heterocycles. The number of nitrogens with zero attached hydrogens (tertiary/aromatic N) is 2. The average Bonchev–Trinajstić information content (AvgIpc) is 2.76. The Morgan fingerprint density at radius 1 is 1.87 bits per heavy atom. The molecule has 15 heavy (non-hydrogen) atoms. The number of aromatic nitrogens is 2. The molecule has 1 aromatic rings. The first-order valence-electron chi connectivity index (χ1n) is 4.43. The molecular formula is C8H10BrN3O2S. The van der Waals surface area contributed by atoms with Gasteiger partial charge >= 0.3 is 5.97 Å². The quantitative estimate of drug-likeness (QED) is 0.861. The minimum atomic E-state index is -0.786. The fraction of sp³-hybridized carbons (Fsp3) is 0.500. The molecule has 2 N–H and O–H groups in total. The summed E-state index contributed by atoms with van der Waals surface area (Å²) in [5.41, 5.74) is 0. The van der Waals surface area contributed by atoms with Crippen LogP contribution >= 0.6 is 27.7 Å². The van der Waals surface area contributed by atoms with Crippen LogP contribution in [0.15, 0.2) is 16.9 Å². The van der Waals surface area contributed by atoms with Crippen molar-refractivity contribution in [2.45, 2.75) is 18.0 Å². The van der Waals surface area contributed by atoms with Gasteiger partial charge in [-0.1, -0.05) is 0 Å². The minimum Gasteiger partial charge on any atom is -0.480 e. The Hall–Kier alpha value is -0.530. The van der Waals surface area contributed by atoms with Gasteiger partial charge in [-0.25, -0.2) is 0 Å². The Balaban J connectivity index is 1.90. The predicted octanol–water partition coefficient (Wildman–Crippen LogP) is 0.761. The lowest BCUT2D eigenvalue weighted by molar-refractivity contribution is -0.138. The van der Waals surface area contributed by atoms with Gasteiger partial charge in [0.25, 0.3) is 0 Å². The lowest BCUT2D eigenvalue weighted by Gasteiger charge is -2.10. The number of rotatable bonds is 3. The number of carbonyl (C=O) groups is 1. The van der Waals surface area contributed by atoms with Gasteiger partial charge in [0.2, 0.25) is 0 Å². The highest BCUT2D eigenvalue weighted by molar-refractivity contribution is 9.10. The van der Waals surface area contributed by atoms with Gasteiger partial charge in [-0.3, -0.25) is 14.8 Å². The number of carboxylic acids is 1. The molecule has 2 rings (SSSR count). The van der Waals surface area contributed by atoms with E-state index < -0.39 is 12.0 Å². The Kier molecular flexibility index (Phi) is 3.32. The molecule has 0 aromatic carbocycles. The number of nitrogens with one attached hydrogen (secondary N) is 1. The van der Waals surface area contributed by atoms with Crippen LogP contribution in [0.2, 0.25) is 0 Å². The van der Waals surface area contributed by atoms with E-state index >= 15 is 0 Å². The van der Waals surface area contributed by atoms with Crippen LogP contribution in [0.1, 0.15) is 0 Å². The van der Waals surface area contributed by atoms with Crippen molar-refractivity contribution in [1.29, 1.82) is 0 Å². The molecule has 82 valence electrons. The average molecular weight is 292 g/mol. The van der Waals surface area contributed by atoms with Crippen LogP contribution < -0.4 is 5.32 Å². The van der Waals surface area contributed by atoms with Crippen molar-refractivity contribution in [2.24, 2.45) is 0 Å². The van der Waals surface area contributed by atoms with Crippen LogP contribution in [-0.4, -0.2) is 38.0 Å². The van der Waals surface area contributed by atoms with E-state index in [1.54, 1.807) is 22.6 Å². The summed E-state index contributed by atoms with van der Waals surface area (Å²) in [5, 5.41) is 16.1. The number of carboxylic acid groups (broad SMARTS) is 1. The smallest absolute Gasteiger partial charge is 0.321 e. The van der Waals surface area contributed by atoms with Gasteiger partial charge in [0.1, 0.15) is 6.04 Å². The number of thioether (sulfide) groups is 1. The Labute approximate surface area is 99.4 Å². The second-order valence-corrected chi connectivity index (χ2v) is 5.41. The summed E-state index contributed by atoms with van der Waals surface area (Å²) in [6, 6.07) is -0.431. The first-order valence-corrected chi connectivity index (χ1v) is 6.28. The molecule has 2 atom stereocenters. The van der Waals surface area contributed by atoms with E-state index in [0.29, 0.717) is 12.3 Å². The lowest BCUT2D eigenvalue weighted by atomic mass is 10.3. The zero-order valence-electron chi connectivity index (χ0n) is 7.76. The second-order valence-electron chi connectivity index (χ2n) is 3.26. The molecule has 0 bridgehead atoms. The fourth-order valence-electron chi connectivity index (χ4n) is 1.39. The topological polar surface area (TPSA) is 67.1 Å². The molecule has 5 nitrogen and oxygen atoms in total. The Morgan fingerprint density at radius 2 is 2.67 bits per heavy atom. The van der Waals surface area contributed by atoms with E-state index in [0.717, 1.165) is 4.47 Å². The van der Waals surface area contributed by atoms with E-state index in [1.165, 1.54) is 0 Å². The molecular weight excluding hydrogens is 282 g/mol. The summed E-state index contributed by atoms with van der Waals surface area (Å²) in [6.45, 7) is 0.681. The van der Waals surface area contributed by atoms with Gasteiger partial charge in [-0.05, 0) is 15.9 Å². The molecule has 0 saturated carbocycles. The van der Waals surface area contributed by atoms with Gasteiger partial charge in [0, 0.05) is 11.9 Å². The normalized spacial score (nSPS) is 25.7. The molecule has 1 aliphatic heterocycles. The summed E-state index contributed by atoms with van der Waals surface area (Å²) < 4.78 is 2.72. The maximum Gasteiger partial charge on any atom is 0.321 e. The summed E-state index contributed by atoms with van der Waals surface area (Å²) in [7, 11) is 0. The highest BCUT2D eigenvalue weighted by Gasteiger charge is 2.29. The van der Waals surface area contributed by atoms with E-state index in [1.807, 2.05) is 6.20 Å². The zero-order chi connectivity index (χ0) is 10.8. The van der Waals surface area contributed by atoms with Gasteiger partial charge in [0.15, 0.2) is 0 Å². The summed E-state index contributed by atoms with van der Waals surface area (Å²) in [4.78, 5) is 10.7. The van der Waals surface area contributed by atoms with E-state index in [2.05, 4.69) is 26.3 Å². The van der Waals surface area contributed by atoms with Gasteiger partial charge < -0.3 is 5.11 Å². The SMILES string of the molecule is O=C(O)[C@@H]1CS[C@@H](Cn2cc(Br)cn2)N1. The van der Waals surface area contributed by atoms with Crippen molar-refractivity contribution < 1.29 is 9.90 Å². The standard InChI is InChI=1S/C8H10BrN3O2S/c9-5-1-10-12(2-5)3-7-11-6(4-15-7)8(13)14/h1-2,6-7,11H,3-4H2,(H,13,14)/t6-,7-/m0/s1. The van der Waals surface area contributed by atoms with Gasteiger partial charge in [0.05, 0.1) is 22.6 Å². The highest BCUT2D eigenvalue weighted by atomic mass is 79.9. The Bertz CT molecular complexity index is 371. The van der Waals surface area contributed by atoms with Crippen molar-refractivity contribution in [1.82, 2.24) is 15.1 Å². The van der Waals surface area contributed by atoms with Crippen LogP contribution in [0.4, 0.5) is 0 Å². The number of aliphatic carboxylic acids is 1. The Morgan fingerprint density at radius 3 is 3.20 bits per heavy atom. The van der Waals surface area contributed by atoms with Crippen LogP contribution in [0, 0.1) is 0 Å². The van der Waals surface area contributed by atoms with E-state index in [-0.39, 0.29) is 5.37 Å². The predicted molar refractivity (Wildman–Crippen MR) is 60.7 cm³/mol. The van der Waals surface area contributed by atoms with Gasteiger partial charge in [-0.2, -0.15) is 5.10 Å². The maximum absolute atomic E-state index is 10.7. The van der Waals surface area contributed by atoms with Crippen LogP contribution in [0.3, 0.4) is 0 Å².